The molecule has 1 aliphatic rings. The number of amides is 2. The lowest BCUT2D eigenvalue weighted by molar-refractivity contribution is -0.123. The number of aromatic nitrogens is 3. The number of anilines is 2. The van der Waals surface area contributed by atoms with Crippen molar-refractivity contribution >= 4 is 35.6 Å². The van der Waals surface area contributed by atoms with Crippen molar-refractivity contribution in [2.75, 3.05) is 23.7 Å². The van der Waals surface area contributed by atoms with Gasteiger partial charge in [0.1, 0.15) is 0 Å². The Morgan fingerprint density at radius 2 is 1.86 bits per heavy atom. The van der Waals surface area contributed by atoms with Crippen molar-refractivity contribution in [1.82, 2.24) is 20.3 Å². The van der Waals surface area contributed by atoms with Crippen LogP contribution in [0.2, 0.25) is 0 Å². The first-order valence-corrected chi connectivity index (χ1v) is 9.60. The van der Waals surface area contributed by atoms with Crippen LogP contribution in [0.15, 0.2) is 24.4 Å². The highest BCUT2D eigenvalue weighted by molar-refractivity contribution is 6.03. The fraction of sp³-hybridized carbons (Fsp3) is 0.500. The van der Waals surface area contributed by atoms with Crippen molar-refractivity contribution in [2.45, 2.75) is 46.6 Å². The Morgan fingerprint density at radius 3 is 2.52 bits per heavy atom. The number of halogens is 1. The lowest BCUT2D eigenvalue weighted by atomic mass is 9.95. The van der Waals surface area contributed by atoms with Crippen molar-refractivity contribution in [3.63, 3.8) is 0 Å². The van der Waals surface area contributed by atoms with Crippen LogP contribution in [0.5, 0.6) is 0 Å². The van der Waals surface area contributed by atoms with Gasteiger partial charge in [-0.1, -0.05) is 32.1 Å². The van der Waals surface area contributed by atoms with Gasteiger partial charge < -0.3 is 16.0 Å². The molecule has 158 valence electrons. The summed E-state index contributed by atoms with van der Waals surface area (Å²) < 4.78 is 1.78. The highest BCUT2D eigenvalue weighted by Crippen LogP contribution is 2.24. The molecule has 0 bridgehead atoms. The lowest BCUT2D eigenvalue weighted by Gasteiger charge is -2.22. The van der Waals surface area contributed by atoms with Gasteiger partial charge in [0.15, 0.2) is 5.69 Å². The molecule has 3 N–H and O–H groups in total. The first-order chi connectivity index (χ1) is 13.2. The van der Waals surface area contributed by atoms with Crippen LogP contribution in [0.1, 0.15) is 55.7 Å². The minimum absolute atomic E-state index is 0. The first kappa shape index (κ1) is 22.8. The highest BCUT2D eigenvalue weighted by Gasteiger charge is 2.22. The van der Waals surface area contributed by atoms with E-state index in [9.17, 15) is 9.59 Å². The Bertz CT molecular complexity index is 868. The van der Waals surface area contributed by atoms with E-state index in [0.29, 0.717) is 11.4 Å². The second-order valence-corrected chi connectivity index (χ2v) is 8.25. The zero-order valence-corrected chi connectivity index (χ0v) is 18.1. The number of carbonyl (C=O) groups is 2. The SMILES string of the molecule is Cc1ccc(NC(=O)C(C)(C)C)cc1NC(=O)c1cn(C2CCNCC2)nn1.Cl. The summed E-state index contributed by atoms with van der Waals surface area (Å²) in [7, 11) is 0. The van der Waals surface area contributed by atoms with Gasteiger partial charge in [-0.15, -0.1) is 17.5 Å². The molecule has 1 saturated heterocycles. The molecule has 2 heterocycles. The molecule has 29 heavy (non-hydrogen) atoms. The molecule has 1 aromatic carbocycles. The van der Waals surface area contributed by atoms with Gasteiger partial charge in [0.25, 0.3) is 5.91 Å². The third kappa shape index (κ3) is 5.77. The minimum atomic E-state index is -0.499. The normalized spacial score (nSPS) is 14.8. The number of nitrogens with one attached hydrogen (secondary N) is 3. The fourth-order valence-electron chi connectivity index (χ4n) is 2.97. The highest BCUT2D eigenvalue weighted by atomic mass is 35.5. The number of benzene rings is 1. The Balaban J connectivity index is 0.00000300. The molecule has 0 atom stereocenters. The van der Waals surface area contributed by atoms with Gasteiger partial charge in [0.2, 0.25) is 5.91 Å². The molecular weight excluding hydrogens is 392 g/mol. The summed E-state index contributed by atoms with van der Waals surface area (Å²) in [5.41, 5.74) is 1.95. The molecule has 0 aliphatic carbocycles. The predicted molar refractivity (Wildman–Crippen MR) is 116 cm³/mol. The molecule has 2 amide bonds. The van der Waals surface area contributed by atoms with Crippen molar-refractivity contribution in [2.24, 2.45) is 5.41 Å². The summed E-state index contributed by atoms with van der Waals surface area (Å²) in [6.45, 7) is 9.34. The Morgan fingerprint density at radius 1 is 1.17 bits per heavy atom. The number of carbonyl (C=O) groups excluding carboxylic acids is 2. The Kier molecular flexibility index (Phi) is 7.37. The predicted octanol–water partition coefficient (Wildman–Crippen LogP) is 3.17. The molecule has 0 saturated carbocycles. The van der Waals surface area contributed by atoms with E-state index in [1.807, 2.05) is 39.8 Å². The third-order valence-corrected chi connectivity index (χ3v) is 4.85. The topological polar surface area (TPSA) is 101 Å². The number of rotatable bonds is 4. The summed E-state index contributed by atoms with van der Waals surface area (Å²) in [6, 6.07) is 5.71. The fourth-order valence-corrected chi connectivity index (χ4v) is 2.97. The molecule has 1 aromatic heterocycles. The second kappa shape index (κ2) is 9.37. The van der Waals surface area contributed by atoms with E-state index < -0.39 is 5.41 Å². The van der Waals surface area contributed by atoms with Crippen LogP contribution >= 0.6 is 12.4 Å². The number of nitrogens with zero attached hydrogens (tertiary/aromatic N) is 3. The number of hydrogen-bond donors (Lipinski definition) is 3. The van der Waals surface area contributed by atoms with Crippen LogP contribution < -0.4 is 16.0 Å². The van der Waals surface area contributed by atoms with Crippen molar-refractivity contribution < 1.29 is 9.59 Å². The summed E-state index contributed by atoms with van der Waals surface area (Å²) in [5.74, 6) is -0.402. The summed E-state index contributed by atoms with van der Waals surface area (Å²) in [4.78, 5) is 24.8. The van der Waals surface area contributed by atoms with Crippen LogP contribution in [0.25, 0.3) is 0 Å². The first-order valence-electron chi connectivity index (χ1n) is 9.60. The maximum atomic E-state index is 12.6. The van der Waals surface area contributed by atoms with E-state index in [-0.39, 0.29) is 36.0 Å². The van der Waals surface area contributed by atoms with Crippen molar-refractivity contribution in [1.29, 1.82) is 0 Å². The van der Waals surface area contributed by atoms with Gasteiger partial charge in [-0.25, -0.2) is 4.68 Å². The number of aryl methyl sites for hydroxylation is 1. The molecule has 1 aliphatic heterocycles. The summed E-state index contributed by atoms with van der Waals surface area (Å²) in [6.07, 6.45) is 3.64. The largest absolute Gasteiger partial charge is 0.326 e. The molecule has 0 spiro atoms. The smallest absolute Gasteiger partial charge is 0.277 e. The lowest BCUT2D eigenvalue weighted by Crippen LogP contribution is -2.29. The van der Waals surface area contributed by atoms with E-state index in [4.69, 9.17) is 0 Å². The van der Waals surface area contributed by atoms with E-state index in [0.717, 1.165) is 31.5 Å². The van der Waals surface area contributed by atoms with Gasteiger partial charge in [-0.3, -0.25) is 9.59 Å². The second-order valence-electron chi connectivity index (χ2n) is 8.25. The van der Waals surface area contributed by atoms with Crippen molar-refractivity contribution in [3.8, 4) is 0 Å². The summed E-state index contributed by atoms with van der Waals surface area (Å²) >= 11 is 0. The monoisotopic (exact) mass is 420 g/mol. The number of piperidine rings is 1. The van der Waals surface area contributed by atoms with Crippen LogP contribution in [0.4, 0.5) is 11.4 Å². The molecule has 3 rings (SSSR count). The summed E-state index contributed by atoms with van der Waals surface area (Å²) in [5, 5.41) is 17.2. The minimum Gasteiger partial charge on any atom is -0.326 e. The Labute approximate surface area is 177 Å². The van der Waals surface area contributed by atoms with E-state index in [2.05, 4.69) is 26.3 Å². The molecule has 0 unspecified atom stereocenters. The zero-order valence-electron chi connectivity index (χ0n) is 17.3. The van der Waals surface area contributed by atoms with Crippen molar-refractivity contribution in [3.05, 3.63) is 35.7 Å². The van der Waals surface area contributed by atoms with Crippen LogP contribution in [-0.4, -0.2) is 39.9 Å². The number of hydrogen-bond acceptors (Lipinski definition) is 5. The molecule has 0 radical (unpaired) electrons. The van der Waals surface area contributed by atoms with Gasteiger partial charge in [-0.05, 0) is 50.6 Å². The molecular formula is C20H29ClN6O2. The van der Waals surface area contributed by atoms with E-state index in [1.54, 1.807) is 16.9 Å². The maximum Gasteiger partial charge on any atom is 0.277 e. The van der Waals surface area contributed by atoms with Gasteiger partial charge in [-0.2, -0.15) is 0 Å². The van der Waals surface area contributed by atoms with Gasteiger partial charge in [0, 0.05) is 16.8 Å². The van der Waals surface area contributed by atoms with Crippen LogP contribution in [0, 0.1) is 12.3 Å². The van der Waals surface area contributed by atoms with Gasteiger partial charge in [0.05, 0.1) is 12.2 Å². The maximum absolute atomic E-state index is 12.6. The van der Waals surface area contributed by atoms with E-state index >= 15 is 0 Å². The van der Waals surface area contributed by atoms with Crippen LogP contribution in [-0.2, 0) is 4.79 Å². The standard InChI is InChI=1S/C20H28N6O2.ClH/c1-13-5-6-14(22-19(28)20(2,3)4)11-16(13)23-18(27)17-12-26(25-24-17)15-7-9-21-10-8-15;/h5-6,11-12,15,21H,7-10H2,1-4H3,(H,22,28)(H,23,27);1H. The molecule has 8 nitrogen and oxygen atoms in total. The zero-order chi connectivity index (χ0) is 20.3. The van der Waals surface area contributed by atoms with E-state index in [1.165, 1.54) is 0 Å². The van der Waals surface area contributed by atoms with Crippen LogP contribution in [0.3, 0.4) is 0 Å². The molecule has 2 aromatic rings. The third-order valence-electron chi connectivity index (χ3n) is 4.85. The molecule has 1 fully saturated rings. The Hall–Kier alpha value is -2.45. The average Bonchev–Trinajstić information content (AvgIpc) is 3.15. The quantitative estimate of drug-likeness (QED) is 0.705. The van der Waals surface area contributed by atoms with Gasteiger partial charge >= 0.3 is 0 Å². The average molecular weight is 421 g/mol. The molecule has 9 heteroatoms.